The Kier molecular flexibility index (Phi) is 2.47. The van der Waals surface area contributed by atoms with Crippen LogP contribution in [0.2, 0.25) is 0 Å². The number of para-hydroxylation sites is 1. The Labute approximate surface area is 104 Å². The number of hydrogen-bond acceptors (Lipinski definition) is 4. The van der Waals surface area contributed by atoms with Crippen LogP contribution in [0.1, 0.15) is 12.6 Å². The smallest absolute Gasteiger partial charge is 0.165 e. The average molecular weight is 242 g/mol. The van der Waals surface area contributed by atoms with E-state index in [4.69, 9.17) is 5.73 Å². The van der Waals surface area contributed by atoms with Crippen LogP contribution in [0.4, 0.5) is 5.82 Å². The number of nitrogens with two attached hydrogens (primary N) is 1. The second kappa shape index (κ2) is 4.14. The van der Waals surface area contributed by atoms with Crippen LogP contribution in [0.5, 0.6) is 0 Å². The van der Waals surface area contributed by atoms with Crippen LogP contribution >= 0.6 is 0 Å². The zero-order valence-electron chi connectivity index (χ0n) is 10.1. The van der Waals surface area contributed by atoms with Crippen molar-refractivity contribution in [2.75, 3.05) is 5.73 Å². The largest absolute Gasteiger partial charge is 0.381 e. The first-order valence-electron chi connectivity index (χ1n) is 5.88. The molecule has 0 aliphatic rings. The van der Waals surface area contributed by atoms with Gasteiger partial charge in [0.25, 0.3) is 0 Å². The van der Waals surface area contributed by atoms with Gasteiger partial charge in [0.05, 0.1) is 24.0 Å². The third-order valence-electron chi connectivity index (χ3n) is 2.90. The molecule has 0 unspecified atom stereocenters. The molecule has 6 nitrogen and oxygen atoms in total. The highest BCUT2D eigenvalue weighted by Crippen LogP contribution is 2.19. The molecule has 3 rings (SSSR count). The first kappa shape index (κ1) is 10.8. The minimum atomic E-state index is 0.425. The van der Waals surface area contributed by atoms with Crippen LogP contribution < -0.4 is 5.73 Å². The molecule has 0 saturated heterocycles. The Morgan fingerprint density at radius 2 is 2.11 bits per heavy atom. The molecule has 0 saturated carbocycles. The quantitative estimate of drug-likeness (QED) is 0.750. The highest BCUT2D eigenvalue weighted by atomic mass is 15.4. The second-order valence-corrected chi connectivity index (χ2v) is 4.12. The summed E-state index contributed by atoms with van der Waals surface area (Å²) in [4.78, 5) is 0. The number of nitrogen functional groups attached to an aromatic ring is 1. The fourth-order valence-electron chi connectivity index (χ4n) is 2.10. The van der Waals surface area contributed by atoms with E-state index in [1.54, 1.807) is 10.9 Å². The van der Waals surface area contributed by atoms with E-state index in [0.29, 0.717) is 12.4 Å². The standard InChI is InChI=1S/C12H14N6/c1-2-18-11-6-4-3-5-9(11)10(15-18)7-17-8-12(13)14-16-17/h3-6,8H,2,7,13H2,1H3. The van der Waals surface area contributed by atoms with Gasteiger partial charge in [-0.15, -0.1) is 5.10 Å². The van der Waals surface area contributed by atoms with Gasteiger partial charge in [0.15, 0.2) is 5.82 Å². The Morgan fingerprint density at radius 3 is 2.83 bits per heavy atom. The second-order valence-electron chi connectivity index (χ2n) is 4.12. The van der Waals surface area contributed by atoms with Gasteiger partial charge >= 0.3 is 0 Å². The third-order valence-corrected chi connectivity index (χ3v) is 2.90. The van der Waals surface area contributed by atoms with Crippen LogP contribution in [0.25, 0.3) is 10.9 Å². The lowest BCUT2D eigenvalue weighted by Crippen LogP contribution is -2.03. The van der Waals surface area contributed by atoms with Crippen LogP contribution in [-0.2, 0) is 13.1 Å². The summed E-state index contributed by atoms with van der Waals surface area (Å²) in [5, 5.41) is 13.5. The summed E-state index contributed by atoms with van der Waals surface area (Å²) in [5.74, 6) is 0.425. The molecule has 2 aromatic heterocycles. The van der Waals surface area contributed by atoms with Gasteiger partial charge < -0.3 is 5.73 Å². The van der Waals surface area contributed by atoms with Gasteiger partial charge in [-0.05, 0) is 13.0 Å². The summed E-state index contributed by atoms with van der Waals surface area (Å²) in [6.45, 7) is 3.51. The molecule has 1 aromatic carbocycles. The molecule has 0 spiro atoms. The minimum absolute atomic E-state index is 0.425. The van der Waals surface area contributed by atoms with Crippen molar-refractivity contribution in [1.82, 2.24) is 24.8 Å². The molecule has 3 aromatic rings. The summed E-state index contributed by atoms with van der Waals surface area (Å²) < 4.78 is 3.69. The van der Waals surface area contributed by atoms with Gasteiger partial charge in [0, 0.05) is 11.9 Å². The summed E-state index contributed by atoms with van der Waals surface area (Å²) >= 11 is 0. The first-order valence-corrected chi connectivity index (χ1v) is 5.88. The Morgan fingerprint density at radius 1 is 1.28 bits per heavy atom. The molecule has 0 aliphatic carbocycles. The van der Waals surface area contributed by atoms with Crippen LogP contribution in [0.3, 0.4) is 0 Å². The van der Waals surface area contributed by atoms with Gasteiger partial charge in [-0.2, -0.15) is 5.10 Å². The number of aryl methyl sites for hydroxylation is 1. The first-order chi connectivity index (χ1) is 8.78. The molecule has 18 heavy (non-hydrogen) atoms. The van der Waals surface area contributed by atoms with Crippen molar-refractivity contribution < 1.29 is 0 Å². The molecule has 92 valence electrons. The molecule has 0 aliphatic heterocycles. The maximum Gasteiger partial charge on any atom is 0.165 e. The van der Waals surface area contributed by atoms with Gasteiger partial charge in [0.1, 0.15) is 0 Å². The molecular weight excluding hydrogens is 228 g/mol. The van der Waals surface area contributed by atoms with Crippen molar-refractivity contribution in [2.45, 2.75) is 20.0 Å². The number of rotatable bonds is 3. The Bertz CT molecular complexity index is 681. The van der Waals surface area contributed by atoms with Crippen LogP contribution in [-0.4, -0.2) is 24.8 Å². The van der Waals surface area contributed by atoms with Crippen molar-refractivity contribution in [2.24, 2.45) is 0 Å². The summed E-state index contributed by atoms with van der Waals surface area (Å²) in [6, 6.07) is 8.19. The Hall–Kier alpha value is -2.37. The number of benzene rings is 1. The van der Waals surface area contributed by atoms with Gasteiger partial charge in [-0.1, -0.05) is 23.4 Å². The van der Waals surface area contributed by atoms with E-state index >= 15 is 0 Å². The molecule has 0 amide bonds. The van der Waals surface area contributed by atoms with Crippen molar-refractivity contribution in [1.29, 1.82) is 0 Å². The van der Waals surface area contributed by atoms with E-state index in [9.17, 15) is 0 Å². The molecule has 0 fully saturated rings. The lowest BCUT2D eigenvalue weighted by Gasteiger charge is -1.96. The number of hydrogen-bond donors (Lipinski definition) is 1. The van der Waals surface area contributed by atoms with Crippen LogP contribution in [0, 0.1) is 0 Å². The molecule has 0 bridgehead atoms. The van der Waals surface area contributed by atoms with E-state index in [1.165, 1.54) is 0 Å². The topological polar surface area (TPSA) is 74.5 Å². The normalized spacial score (nSPS) is 11.2. The van der Waals surface area contributed by atoms with E-state index in [1.807, 2.05) is 16.8 Å². The third kappa shape index (κ3) is 1.71. The summed E-state index contributed by atoms with van der Waals surface area (Å²) in [6.07, 6.45) is 1.71. The van der Waals surface area contributed by atoms with Gasteiger partial charge in [0.2, 0.25) is 0 Å². The van der Waals surface area contributed by atoms with Gasteiger partial charge in [-0.25, -0.2) is 4.68 Å². The summed E-state index contributed by atoms with van der Waals surface area (Å²) in [5.41, 5.74) is 7.68. The number of nitrogens with zero attached hydrogens (tertiary/aromatic N) is 5. The maximum atomic E-state index is 5.56. The van der Waals surface area contributed by atoms with E-state index < -0.39 is 0 Å². The molecule has 6 heteroatoms. The molecule has 2 heterocycles. The average Bonchev–Trinajstić information content (AvgIpc) is 2.95. The minimum Gasteiger partial charge on any atom is -0.381 e. The maximum absolute atomic E-state index is 5.56. The summed E-state index contributed by atoms with van der Waals surface area (Å²) in [7, 11) is 0. The lowest BCUT2D eigenvalue weighted by atomic mass is 10.2. The van der Waals surface area contributed by atoms with Crippen molar-refractivity contribution in [3.05, 3.63) is 36.2 Å². The highest BCUT2D eigenvalue weighted by molar-refractivity contribution is 5.81. The van der Waals surface area contributed by atoms with Crippen molar-refractivity contribution in [3.8, 4) is 0 Å². The predicted octanol–water partition coefficient (Wildman–Crippen LogP) is 1.28. The SMILES string of the molecule is CCn1nc(Cn2cc(N)nn2)c2ccccc21. The number of aromatic nitrogens is 5. The van der Waals surface area contributed by atoms with E-state index in [0.717, 1.165) is 23.1 Å². The van der Waals surface area contributed by atoms with Gasteiger partial charge in [-0.3, -0.25) is 4.68 Å². The Balaban J connectivity index is 2.06. The van der Waals surface area contributed by atoms with E-state index in [-0.39, 0.29) is 0 Å². The zero-order valence-corrected chi connectivity index (χ0v) is 10.1. The van der Waals surface area contributed by atoms with E-state index in [2.05, 4.69) is 34.5 Å². The molecular formula is C12H14N6. The molecule has 2 N–H and O–H groups in total. The van der Waals surface area contributed by atoms with Crippen molar-refractivity contribution in [3.63, 3.8) is 0 Å². The fraction of sp³-hybridized carbons (Fsp3) is 0.250. The number of anilines is 1. The van der Waals surface area contributed by atoms with Crippen molar-refractivity contribution >= 4 is 16.7 Å². The molecule has 0 atom stereocenters. The monoisotopic (exact) mass is 242 g/mol. The number of fused-ring (bicyclic) bond motifs is 1. The zero-order chi connectivity index (χ0) is 12.5. The molecule has 0 radical (unpaired) electrons. The lowest BCUT2D eigenvalue weighted by molar-refractivity contribution is 0.611. The van der Waals surface area contributed by atoms with Crippen LogP contribution in [0.15, 0.2) is 30.5 Å². The fourth-order valence-corrected chi connectivity index (χ4v) is 2.10. The predicted molar refractivity (Wildman–Crippen MR) is 68.9 cm³/mol. The highest BCUT2D eigenvalue weighted by Gasteiger charge is 2.10.